The van der Waals surface area contributed by atoms with Crippen LogP contribution in [0, 0.1) is 0 Å². The van der Waals surface area contributed by atoms with Crippen molar-refractivity contribution in [1.82, 2.24) is 5.32 Å². The Bertz CT molecular complexity index is 454. The number of carbonyl (C=O) groups is 2. The Hall–Kier alpha value is -1.30. The van der Waals surface area contributed by atoms with E-state index in [1.54, 1.807) is 25.1 Å². The number of rotatable bonds is 5. The van der Waals surface area contributed by atoms with Crippen molar-refractivity contribution >= 4 is 35.8 Å². The summed E-state index contributed by atoms with van der Waals surface area (Å²) in [7, 11) is 0. The molecule has 2 unspecified atom stereocenters. The molecule has 1 aromatic carbocycles. The lowest BCUT2D eigenvalue weighted by Gasteiger charge is -2.17. The minimum atomic E-state index is -0.927. The zero-order chi connectivity index (χ0) is 13.7. The van der Waals surface area contributed by atoms with Gasteiger partial charge in [0.2, 0.25) is 11.8 Å². The average molecular weight is 306 g/mol. The van der Waals surface area contributed by atoms with Gasteiger partial charge in [0.25, 0.3) is 0 Å². The number of primary amides is 1. The number of nitrogens with two attached hydrogens (primary N) is 2. The molecule has 0 fully saturated rings. The van der Waals surface area contributed by atoms with Gasteiger partial charge in [-0.05, 0) is 24.6 Å². The molecular formula is C12H17Cl2N3O2. The Balaban J connectivity index is 0.00000324. The van der Waals surface area contributed by atoms with Crippen molar-refractivity contribution in [3.8, 4) is 0 Å². The normalized spacial score (nSPS) is 13.0. The molecule has 2 amide bonds. The van der Waals surface area contributed by atoms with Crippen molar-refractivity contribution in [3.05, 3.63) is 34.9 Å². The van der Waals surface area contributed by atoms with Crippen molar-refractivity contribution in [2.45, 2.75) is 25.4 Å². The summed E-state index contributed by atoms with van der Waals surface area (Å²) in [6.45, 7) is 1.81. The molecule has 2 atom stereocenters. The van der Waals surface area contributed by atoms with E-state index in [1.165, 1.54) is 0 Å². The second-order valence-electron chi connectivity index (χ2n) is 4.06. The molecule has 0 aliphatic carbocycles. The van der Waals surface area contributed by atoms with E-state index in [2.05, 4.69) is 5.32 Å². The van der Waals surface area contributed by atoms with Crippen LogP contribution in [-0.4, -0.2) is 17.9 Å². The van der Waals surface area contributed by atoms with E-state index in [1.807, 2.05) is 6.07 Å². The molecular weight excluding hydrogens is 289 g/mol. The summed E-state index contributed by atoms with van der Waals surface area (Å²) in [5.41, 5.74) is 11.4. The lowest BCUT2D eigenvalue weighted by atomic mass is 10.1. The summed E-state index contributed by atoms with van der Waals surface area (Å²) in [4.78, 5) is 22.3. The van der Waals surface area contributed by atoms with Gasteiger partial charge < -0.3 is 16.8 Å². The molecule has 7 heteroatoms. The smallest absolute Gasteiger partial charge is 0.237 e. The largest absolute Gasteiger partial charge is 0.370 e. The molecule has 19 heavy (non-hydrogen) atoms. The Kier molecular flexibility index (Phi) is 7.44. The maximum Gasteiger partial charge on any atom is 0.237 e. The van der Waals surface area contributed by atoms with Crippen LogP contribution in [0.2, 0.25) is 5.02 Å². The second-order valence-corrected chi connectivity index (χ2v) is 4.50. The van der Waals surface area contributed by atoms with Crippen molar-refractivity contribution in [2.24, 2.45) is 11.5 Å². The summed E-state index contributed by atoms with van der Waals surface area (Å²) in [6, 6.07) is 5.98. The fourth-order valence-corrected chi connectivity index (χ4v) is 1.69. The summed E-state index contributed by atoms with van der Waals surface area (Å²) in [5.74, 6) is -1.02. The van der Waals surface area contributed by atoms with Gasteiger partial charge in [-0.15, -0.1) is 12.4 Å². The first-order valence-corrected chi connectivity index (χ1v) is 5.87. The van der Waals surface area contributed by atoms with Crippen LogP contribution in [0.5, 0.6) is 0 Å². The molecule has 1 rings (SSSR count). The van der Waals surface area contributed by atoms with Crippen LogP contribution in [0.3, 0.4) is 0 Å². The number of amides is 2. The highest BCUT2D eigenvalue weighted by molar-refractivity contribution is 6.30. The van der Waals surface area contributed by atoms with Crippen LogP contribution in [0.25, 0.3) is 0 Å². The van der Waals surface area contributed by atoms with Crippen LogP contribution in [-0.2, 0) is 9.59 Å². The number of benzene rings is 1. The zero-order valence-corrected chi connectivity index (χ0v) is 12.0. The summed E-state index contributed by atoms with van der Waals surface area (Å²) >= 11 is 5.86. The Morgan fingerprint density at radius 1 is 1.42 bits per heavy atom. The number of nitrogens with one attached hydrogen (secondary N) is 1. The predicted octanol–water partition coefficient (Wildman–Crippen LogP) is 1.14. The Morgan fingerprint density at radius 2 is 2.05 bits per heavy atom. The predicted molar refractivity (Wildman–Crippen MR) is 77.0 cm³/mol. The van der Waals surface area contributed by atoms with Crippen molar-refractivity contribution < 1.29 is 9.59 Å². The van der Waals surface area contributed by atoms with Gasteiger partial charge in [-0.3, -0.25) is 9.59 Å². The van der Waals surface area contributed by atoms with Crippen LogP contribution in [0.1, 0.15) is 24.9 Å². The molecule has 0 aliphatic heterocycles. The first-order chi connectivity index (χ1) is 8.40. The number of halogens is 2. The Morgan fingerprint density at radius 3 is 2.58 bits per heavy atom. The summed E-state index contributed by atoms with van der Waals surface area (Å²) in [6.07, 6.45) is -0.173. The average Bonchev–Trinajstić information content (AvgIpc) is 2.27. The fourth-order valence-electron chi connectivity index (χ4n) is 1.49. The molecule has 5 nitrogen and oxygen atoms in total. The topological polar surface area (TPSA) is 98.2 Å². The minimum Gasteiger partial charge on any atom is -0.370 e. The molecule has 0 heterocycles. The van der Waals surface area contributed by atoms with Crippen molar-refractivity contribution in [3.63, 3.8) is 0 Å². The third-order valence-electron chi connectivity index (χ3n) is 2.47. The standard InChI is InChI=1S/C12H16ClN3O2.ClH/c1-7(8-3-2-4-9(13)5-8)16-12(18)10(14)6-11(15)17;/h2-5,7,10H,6,14H2,1H3,(H2,15,17)(H,16,18);1H. The molecule has 0 aromatic heterocycles. The van der Waals surface area contributed by atoms with Crippen LogP contribution in [0.15, 0.2) is 24.3 Å². The van der Waals surface area contributed by atoms with Gasteiger partial charge in [0.1, 0.15) is 0 Å². The number of hydrogen-bond acceptors (Lipinski definition) is 3. The quantitative estimate of drug-likeness (QED) is 0.761. The van der Waals surface area contributed by atoms with E-state index in [-0.39, 0.29) is 24.9 Å². The maximum atomic E-state index is 11.7. The van der Waals surface area contributed by atoms with Gasteiger partial charge >= 0.3 is 0 Å². The highest BCUT2D eigenvalue weighted by Gasteiger charge is 2.18. The SMILES string of the molecule is CC(NC(=O)C(N)CC(N)=O)c1cccc(Cl)c1.Cl. The second kappa shape index (κ2) is 7.99. The first kappa shape index (κ1) is 17.7. The highest BCUT2D eigenvalue weighted by atomic mass is 35.5. The first-order valence-electron chi connectivity index (χ1n) is 5.50. The number of hydrogen-bond donors (Lipinski definition) is 3. The minimum absolute atomic E-state index is 0. The van der Waals surface area contributed by atoms with Gasteiger partial charge in [0.05, 0.1) is 18.5 Å². The van der Waals surface area contributed by atoms with Gasteiger partial charge in [-0.2, -0.15) is 0 Å². The fraction of sp³-hybridized carbons (Fsp3) is 0.333. The molecule has 0 aliphatic rings. The molecule has 1 aromatic rings. The van der Waals surface area contributed by atoms with Crippen LogP contribution < -0.4 is 16.8 Å². The van der Waals surface area contributed by atoms with Gasteiger partial charge in [-0.1, -0.05) is 23.7 Å². The lowest BCUT2D eigenvalue weighted by molar-refractivity contribution is -0.126. The molecule has 0 saturated heterocycles. The van der Waals surface area contributed by atoms with E-state index in [4.69, 9.17) is 23.1 Å². The monoisotopic (exact) mass is 305 g/mol. The molecule has 5 N–H and O–H groups in total. The van der Waals surface area contributed by atoms with E-state index < -0.39 is 17.9 Å². The van der Waals surface area contributed by atoms with Crippen LogP contribution >= 0.6 is 24.0 Å². The third kappa shape index (κ3) is 5.92. The molecule has 0 saturated carbocycles. The van der Waals surface area contributed by atoms with Crippen LogP contribution in [0.4, 0.5) is 0 Å². The maximum absolute atomic E-state index is 11.7. The van der Waals surface area contributed by atoms with Crippen molar-refractivity contribution in [2.75, 3.05) is 0 Å². The third-order valence-corrected chi connectivity index (χ3v) is 2.70. The van der Waals surface area contributed by atoms with Gasteiger partial charge in [0.15, 0.2) is 0 Å². The zero-order valence-electron chi connectivity index (χ0n) is 10.4. The lowest BCUT2D eigenvalue weighted by Crippen LogP contribution is -2.43. The molecule has 0 radical (unpaired) electrons. The van der Waals surface area contributed by atoms with E-state index in [0.29, 0.717) is 5.02 Å². The van der Waals surface area contributed by atoms with E-state index in [0.717, 1.165) is 5.56 Å². The Labute approximate surface area is 123 Å². The van der Waals surface area contributed by atoms with E-state index in [9.17, 15) is 9.59 Å². The number of carbonyl (C=O) groups excluding carboxylic acids is 2. The molecule has 0 spiro atoms. The van der Waals surface area contributed by atoms with Crippen molar-refractivity contribution in [1.29, 1.82) is 0 Å². The summed E-state index contributed by atoms with van der Waals surface area (Å²) < 4.78 is 0. The van der Waals surface area contributed by atoms with Gasteiger partial charge in [-0.25, -0.2) is 0 Å². The highest BCUT2D eigenvalue weighted by Crippen LogP contribution is 2.17. The molecule has 106 valence electrons. The van der Waals surface area contributed by atoms with E-state index >= 15 is 0 Å². The summed E-state index contributed by atoms with van der Waals surface area (Å²) in [5, 5.41) is 3.29. The van der Waals surface area contributed by atoms with Gasteiger partial charge in [0, 0.05) is 5.02 Å². The molecule has 0 bridgehead atoms.